The summed E-state index contributed by atoms with van der Waals surface area (Å²) in [7, 11) is 0. The van der Waals surface area contributed by atoms with Gasteiger partial charge < -0.3 is 10.1 Å². The van der Waals surface area contributed by atoms with Gasteiger partial charge in [-0.2, -0.15) is 5.10 Å². The average molecular weight is 259 g/mol. The van der Waals surface area contributed by atoms with Crippen molar-refractivity contribution in [3.05, 3.63) is 41.1 Å². The van der Waals surface area contributed by atoms with Gasteiger partial charge >= 0.3 is 0 Å². The molecular weight excluding hydrogens is 242 g/mol. The van der Waals surface area contributed by atoms with Crippen LogP contribution >= 0.6 is 0 Å². The Balaban J connectivity index is 1.96. The molecule has 2 N–H and O–H groups in total. The van der Waals surface area contributed by atoms with Gasteiger partial charge in [-0.3, -0.25) is 9.89 Å². The Morgan fingerprint density at radius 3 is 2.53 bits per heavy atom. The Bertz CT molecular complexity index is 570. The number of carbonyl (C=O) groups excluding carboxylic acids is 1. The highest BCUT2D eigenvalue weighted by Crippen LogP contribution is 2.22. The minimum atomic E-state index is -0.213. The van der Waals surface area contributed by atoms with Gasteiger partial charge in [0.05, 0.1) is 6.20 Å². The highest BCUT2D eigenvalue weighted by molar-refractivity contribution is 5.91. The quantitative estimate of drug-likeness (QED) is 0.885. The Labute approximate surface area is 112 Å². The first kappa shape index (κ1) is 13.1. The number of rotatable bonds is 4. The maximum Gasteiger partial charge on any atom is 0.263 e. The third-order valence-electron chi connectivity index (χ3n) is 2.85. The molecule has 0 aliphatic rings. The van der Waals surface area contributed by atoms with Crippen LogP contribution in [-0.4, -0.2) is 22.7 Å². The number of nitrogens with one attached hydrogen (secondary N) is 2. The Hall–Kier alpha value is -2.30. The van der Waals surface area contributed by atoms with Gasteiger partial charge in [0.1, 0.15) is 11.6 Å². The van der Waals surface area contributed by atoms with Gasteiger partial charge in [-0.05, 0) is 31.9 Å². The van der Waals surface area contributed by atoms with Gasteiger partial charge in [0.15, 0.2) is 6.61 Å². The van der Waals surface area contributed by atoms with Crippen LogP contribution in [0.5, 0.6) is 5.75 Å². The van der Waals surface area contributed by atoms with Crippen LogP contribution in [0.15, 0.2) is 24.4 Å². The predicted octanol–water partition coefficient (Wildman–Crippen LogP) is 2.35. The van der Waals surface area contributed by atoms with Crippen molar-refractivity contribution < 1.29 is 9.53 Å². The number of carbonyl (C=O) groups is 1. The van der Waals surface area contributed by atoms with E-state index in [0.29, 0.717) is 5.82 Å². The molecule has 5 heteroatoms. The number of aryl methyl sites for hydroxylation is 3. The van der Waals surface area contributed by atoms with Gasteiger partial charge in [-0.15, -0.1) is 0 Å². The summed E-state index contributed by atoms with van der Waals surface area (Å²) in [6.45, 7) is 5.76. The second kappa shape index (κ2) is 5.56. The molecule has 0 atom stereocenters. The van der Waals surface area contributed by atoms with Crippen molar-refractivity contribution in [1.82, 2.24) is 10.2 Å². The van der Waals surface area contributed by atoms with E-state index < -0.39 is 0 Å². The SMILES string of the molecule is Cc1cn[nH]c1NC(=O)COc1c(C)cccc1C. The monoisotopic (exact) mass is 259 g/mol. The minimum Gasteiger partial charge on any atom is -0.483 e. The number of benzene rings is 1. The largest absolute Gasteiger partial charge is 0.483 e. The van der Waals surface area contributed by atoms with Crippen molar-refractivity contribution in [3.8, 4) is 5.75 Å². The fourth-order valence-electron chi connectivity index (χ4n) is 1.81. The normalized spacial score (nSPS) is 10.3. The molecule has 100 valence electrons. The summed E-state index contributed by atoms with van der Waals surface area (Å²) in [6, 6.07) is 5.88. The van der Waals surface area contributed by atoms with E-state index in [9.17, 15) is 4.79 Å². The molecular formula is C14H17N3O2. The number of ether oxygens (including phenoxy) is 1. The van der Waals surface area contributed by atoms with E-state index in [2.05, 4.69) is 15.5 Å². The summed E-state index contributed by atoms with van der Waals surface area (Å²) >= 11 is 0. The first-order valence-corrected chi connectivity index (χ1v) is 6.06. The lowest BCUT2D eigenvalue weighted by atomic mass is 10.1. The second-order valence-corrected chi connectivity index (χ2v) is 4.49. The maximum atomic E-state index is 11.8. The lowest BCUT2D eigenvalue weighted by Gasteiger charge is -2.11. The molecule has 0 fully saturated rings. The third kappa shape index (κ3) is 3.13. The van der Waals surface area contributed by atoms with E-state index >= 15 is 0 Å². The van der Waals surface area contributed by atoms with E-state index in [1.54, 1.807) is 6.20 Å². The summed E-state index contributed by atoms with van der Waals surface area (Å²) in [4.78, 5) is 11.8. The molecule has 19 heavy (non-hydrogen) atoms. The molecule has 1 amide bonds. The third-order valence-corrected chi connectivity index (χ3v) is 2.85. The van der Waals surface area contributed by atoms with Crippen molar-refractivity contribution in [3.63, 3.8) is 0 Å². The van der Waals surface area contributed by atoms with Crippen molar-refractivity contribution in [1.29, 1.82) is 0 Å². The van der Waals surface area contributed by atoms with E-state index in [0.717, 1.165) is 22.4 Å². The first-order chi connectivity index (χ1) is 9.08. The van der Waals surface area contributed by atoms with E-state index in [4.69, 9.17) is 4.74 Å². The van der Waals surface area contributed by atoms with Gasteiger partial charge in [0.2, 0.25) is 0 Å². The fourth-order valence-corrected chi connectivity index (χ4v) is 1.81. The number of nitrogens with zero attached hydrogens (tertiary/aromatic N) is 1. The molecule has 1 heterocycles. The molecule has 0 saturated heterocycles. The number of hydrogen-bond donors (Lipinski definition) is 2. The average Bonchev–Trinajstić information content (AvgIpc) is 2.74. The number of amides is 1. The highest BCUT2D eigenvalue weighted by atomic mass is 16.5. The van der Waals surface area contributed by atoms with Crippen LogP contribution in [0.1, 0.15) is 16.7 Å². The maximum absolute atomic E-state index is 11.8. The standard InChI is InChI=1S/C14H17N3O2/c1-9-5-4-6-10(2)13(9)19-8-12(18)16-14-11(3)7-15-17-14/h4-7H,8H2,1-3H3,(H2,15,16,17,18). The molecule has 5 nitrogen and oxygen atoms in total. The molecule has 1 aromatic carbocycles. The molecule has 0 unspecified atom stereocenters. The van der Waals surface area contributed by atoms with Crippen LogP contribution in [-0.2, 0) is 4.79 Å². The van der Waals surface area contributed by atoms with E-state index in [1.165, 1.54) is 0 Å². The van der Waals surface area contributed by atoms with Gasteiger partial charge in [-0.25, -0.2) is 0 Å². The number of aromatic amines is 1. The smallest absolute Gasteiger partial charge is 0.263 e. The second-order valence-electron chi connectivity index (χ2n) is 4.49. The van der Waals surface area contributed by atoms with Gasteiger partial charge in [0, 0.05) is 5.56 Å². The zero-order chi connectivity index (χ0) is 13.8. The summed E-state index contributed by atoms with van der Waals surface area (Å²) < 4.78 is 5.57. The van der Waals surface area contributed by atoms with Crippen LogP contribution in [0.4, 0.5) is 5.82 Å². The number of para-hydroxylation sites is 1. The molecule has 0 aliphatic heterocycles. The lowest BCUT2D eigenvalue weighted by molar-refractivity contribution is -0.118. The van der Waals surface area contributed by atoms with Crippen molar-refractivity contribution in [2.24, 2.45) is 0 Å². The molecule has 1 aromatic heterocycles. The predicted molar refractivity (Wildman–Crippen MR) is 73.4 cm³/mol. The van der Waals surface area contributed by atoms with Gasteiger partial charge in [-0.1, -0.05) is 18.2 Å². The van der Waals surface area contributed by atoms with E-state index in [1.807, 2.05) is 39.0 Å². The molecule has 2 aromatic rings. The highest BCUT2D eigenvalue weighted by Gasteiger charge is 2.09. The van der Waals surface area contributed by atoms with Crippen LogP contribution in [0.2, 0.25) is 0 Å². The zero-order valence-electron chi connectivity index (χ0n) is 11.3. The number of aromatic nitrogens is 2. The first-order valence-electron chi connectivity index (χ1n) is 6.06. The Kier molecular flexibility index (Phi) is 3.85. The van der Waals surface area contributed by atoms with Crippen LogP contribution in [0, 0.1) is 20.8 Å². The summed E-state index contributed by atoms with van der Waals surface area (Å²) in [5.74, 6) is 1.16. The fraction of sp³-hybridized carbons (Fsp3) is 0.286. The van der Waals surface area contributed by atoms with Crippen molar-refractivity contribution in [2.75, 3.05) is 11.9 Å². The molecule has 2 rings (SSSR count). The number of anilines is 1. The van der Waals surface area contributed by atoms with Crippen LogP contribution in [0.25, 0.3) is 0 Å². The Morgan fingerprint density at radius 2 is 1.95 bits per heavy atom. The molecule has 0 bridgehead atoms. The molecule has 0 aliphatic carbocycles. The Morgan fingerprint density at radius 1 is 1.26 bits per heavy atom. The number of H-pyrrole nitrogens is 1. The zero-order valence-corrected chi connectivity index (χ0v) is 11.3. The molecule has 0 radical (unpaired) electrons. The topological polar surface area (TPSA) is 67.0 Å². The van der Waals surface area contributed by atoms with Gasteiger partial charge in [0.25, 0.3) is 5.91 Å². The number of hydrogen-bond acceptors (Lipinski definition) is 3. The summed E-state index contributed by atoms with van der Waals surface area (Å²) in [5.41, 5.74) is 2.93. The van der Waals surface area contributed by atoms with Crippen LogP contribution < -0.4 is 10.1 Å². The van der Waals surface area contributed by atoms with Crippen molar-refractivity contribution >= 4 is 11.7 Å². The molecule has 0 saturated carbocycles. The minimum absolute atomic E-state index is 0.0237. The van der Waals surface area contributed by atoms with Crippen molar-refractivity contribution in [2.45, 2.75) is 20.8 Å². The summed E-state index contributed by atoms with van der Waals surface area (Å²) in [6.07, 6.45) is 1.65. The summed E-state index contributed by atoms with van der Waals surface area (Å²) in [5, 5.41) is 9.28. The van der Waals surface area contributed by atoms with Crippen LogP contribution in [0.3, 0.4) is 0 Å². The lowest BCUT2D eigenvalue weighted by Crippen LogP contribution is -2.21. The van der Waals surface area contributed by atoms with E-state index in [-0.39, 0.29) is 12.5 Å². The molecule has 0 spiro atoms.